The summed E-state index contributed by atoms with van der Waals surface area (Å²) < 4.78 is 0. The van der Waals surface area contributed by atoms with Crippen LogP contribution in [0.25, 0.3) is 11.1 Å². The Morgan fingerprint density at radius 3 is 2.04 bits per heavy atom. The van der Waals surface area contributed by atoms with Crippen LogP contribution in [0, 0.1) is 11.3 Å². The van der Waals surface area contributed by atoms with E-state index in [9.17, 15) is 5.26 Å². The van der Waals surface area contributed by atoms with E-state index in [0.717, 1.165) is 37.5 Å². The topological polar surface area (TPSA) is 30.3 Å². The van der Waals surface area contributed by atoms with Crippen molar-refractivity contribution in [2.24, 2.45) is 0 Å². The zero-order valence-corrected chi connectivity index (χ0v) is 16.3. The molecular formula is C22H26ClN3. The maximum atomic E-state index is 9.17. The Morgan fingerprint density at radius 1 is 1.00 bits per heavy atom. The Kier molecular flexibility index (Phi) is 5.98. The van der Waals surface area contributed by atoms with E-state index in [1.807, 2.05) is 12.1 Å². The number of nitriles is 1. The fraction of sp³-hybridized carbons (Fsp3) is 0.409. The Morgan fingerprint density at radius 2 is 1.54 bits per heavy atom. The third kappa shape index (κ3) is 4.27. The second-order valence-corrected chi connectivity index (χ2v) is 7.87. The predicted octanol–water partition coefficient (Wildman–Crippen LogP) is 4.82. The molecule has 1 saturated heterocycles. The summed E-state index contributed by atoms with van der Waals surface area (Å²) in [7, 11) is 4.20. The quantitative estimate of drug-likeness (QED) is 0.759. The molecule has 0 unspecified atom stereocenters. The van der Waals surface area contributed by atoms with Crippen LogP contribution in [0.5, 0.6) is 0 Å². The number of nitrogens with zero attached hydrogens (tertiary/aromatic N) is 3. The number of hydrogen-bond donors (Lipinski definition) is 0. The van der Waals surface area contributed by atoms with Crippen molar-refractivity contribution in [1.82, 2.24) is 9.80 Å². The molecule has 2 aromatic carbocycles. The van der Waals surface area contributed by atoms with Gasteiger partial charge < -0.3 is 4.90 Å². The first-order chi connectivity index (χ1) is 12.5. The summed E-state index contributed by atoms with van der Waals surface area (Å²) in [4.78, 5) is 4.74. The second-order valence-electron chi connectivity index (χ2n) is 7.43. The highest BCUT2D eigenvalue weighted by molar-refractivity contribution is 6.30. The fourth-order valence-corrected chi connectivity index (χ4v) is 3.89. The van der Waals surface area contributed by atoms with Gasteiger partial charge in [0.15, 0.2) is 0 Å². The lowest BCUT2D eigenvalue weighted by atomic mass is 9.83. The summed E-state index contributed by atoms with van der Waals surface area (Å²) in [5.74, 6) is 0. The minimum atomic E-state index is 0.0453. The smallest absolute Gasteiger partial charge is 0.0641 e. The Balaban J connectivity index is 1.60. The van der Waals surface area contributed by atoms with E-state index in [1.165, 1.54) is 16.7 Å². The summed E-state index contributed by atoms with van der Waals surface area (Å²) in [6.45, 7) is 3.05. The number of halogens is 1. The normalized spacial score (nSPS) is 17.2. The van der Waals surface area contributed by atoms with E-state index in [2.05, 4.69) is 66.4 Å². The number of hydrogen-bond acceptors (Lipinski definition) is 3. The van der Waals surface area contributed by atoms with Crippen molar-refractivity contribution in [3.63, 3.8) is 0 Å². The predicted molar refractivity (Wildman–Crippen MR) is 108 cm³/mol. The van der Waals surface area contributed by atoms with Crippen LogP contribution in [0.4, 0.5) is 0 Å². The van der Waals surface area contributed by atoms with Crippen molar-refractivity contribution in [3.8, 4) is 17.2 Å². The van der Waals surface area contributed by atoms with Gasteiger partial charge in [-0.2, -0.15) is 5.26 Å². The van der Waals surface area contributed by atoms with Gasteiger partial charge in [0.05, 0.1) is 12.5 Å². The molecule has 3 nitrogen and oxygen atoms in total. The Bertz CT molecular complexity index is 751. The first kappa shape index (κ1) is 18.9. The van der Waals surface area contributed by atoms with Crippen LogP contribution in [0.15, 0.2) is 48.5 Å². The third-order valence-electron chi connectivity index (χ3n) is 5.68. The van der Waals surface area contributed by atoms with E-state index in [1.54, 1.807) is 0 Å². The van der Waals surface area contributed by atoms with Crippen LogP contribution in [0.3, 0.4) is 0 Å². The largest absolute Gasteiger partial charge is 0.303 e. The Hall–Kier alpha value is -1.86. The van der Waals surface area contributed by atoms with Gasteiger partial charge in [-0.25, -0.2) is 0 Å². The maximum Gasteiger partial charge on any atom is 0.0641 e. The monoisotopic (exact) mass is 367 g/mol. The minimum Gasteiger partial charge on any atom is -0.303 e. The molecule has 0 atom stereocenters. The van der Waals surface area contributed by atoms with Gasteiger partial charge in [-0.15, -0.1) is 0 Å². The van der Waals surface area contributed by atoms with Crippen molar-refractivity contribution < 1.29 is 0 Å². The highest BCUT2D eigenvalue weighted by atomic mass is 35.5. The molecule has 0 aliphatic carbocycles. The van der Waals surface area contributed by atoms with Crippen LogP contribution in [0.1, 0.15) is 24.8 Å². The van der Waals surface area contributed by atoms with Gasteiger partial charge in [0.2, 0.25) is 0 Å². The summed E-state index contributed by atoms with van der Waals surface area (Å²) in [6, 6.07) is 19.1. The summed E-state index contributed by atoms with van der Waals surface area (Å²) in [6.07, 6.45) is 2.72. The molecule has 1 aliphatic rings. The number of piperidine rings is 1. The molecule has 3 rings (SSSR count). The first-order valence-corrected chi connectivity index (χ1v) is 9.52. The summed E-state index contributed by atoms with van der Waals surface area (Å²) in [5.41, 5.74) is 3.78. The first-order valence-electron chi connectivity index (χ1n) is 9.14. The average Bonchev–Trinajstić information content (AvgIpc) is 2.65. The van der Waals surface area contributed by atoms with Crippen LogP contribution in [-0.4, -0.2) is 42.5 Å². The lowest BCUT2D eigenvalue weighted by molar-refractivity contribution is 0.0566. The molecule has 26 heavy (non-hydrogen) atoms. The molecule has 136 valence electrons. The molecule has 1 heterocycles. The van der Waals surface area contributed by atoms with Crippen LogP contribution < -0.4 is 0 Å². The number of rotatable bonds is 5. The molecule has 0 aromatic heterocycles. The highest BCUT2D eigenvalue weighted by Gasteiger charge is 2.36. The van der Waals surface area contributed by atoms with Crippen LogP contribution >= 0.6 is 11.6 Å². The average molecular weight is 368 g/mol. The molecule has 1 aliphatic heterocycles. The second kappa shape index (κ2) is 8.22. The molecule has 0 amide bonds. The summed E-state index contributed by atoms with van der Waals surface area (Å²) >= 11 is 5.97. The molecule has 0 saturated carbocycles. The van der Waals surface area contributed by atoms with Gasteiger partial charge in [-0.05, 0) is 55.8 Å². The van der Waals surface area contributed by atoms with E-state index in [0.29, 0.717) is 6.42 Å². The van der Waals surface area contributed by atoms with Crippen molar-refractivity contribution in [2.45, 2.75) is 31.3 Å². The summed E-state index contributed by atoms with van der Waals surface area (Å²) in [5, 5.41) is 9.94. The van der Waals surface area contributed by atoms with Gasteiger partial charge in [-0.1, -0.05) is 48.0 Å². The molecular weight excluding hydrogens is 342 g/mol. The number of benzene rings is 2. The van der Waals surface area contributed by atoms with Gasteiger partial charge in [0.1, 0.15) is 0 Å². The molecule has 4 heteroatoms. The molecule has 0 N–H and O–H groups in total. The van der Waals surface area contributed by atoms with Crippen molar-refractivity contribution in [1.29, 1.82) is 5.26 Å². The van der Waals surface area contributed by atoms with Crippen molar-refractivity contribution in [3.05, 3.63) is 59.1 Å². The number of likely N-dealkylation sites (tertiary alicyclic amines) is 1. The van der Waals surface area contributed by atoms with Crippen molar-refractivity contribution in [2.75, 3.05) is 27.2 Å². The van der Waals surface area contributed by atoms with E-state index >= 15 is 0 Å². The lowest BCUT2D eigenvalue weighted by Crippen LogP contribution is -2.52. The van der Waals surface area contributed by atoms with E-state index in [4.69, 9.17) is 11.6 Å². The third-order valence-corrected chi connectivity index (χ3v) is 5.93. The highest BCUT2D eigenvalue weighted by Crippen LogP contribution is 2.31. The molecule has 0 bridgehead atoms. The van der Waals surface area contributed by atoms with E-state index < -0.39 is 0 Å². The van der Waals surface area contributed by atoms with Crippen LogP contribution in [-0.2, 0) is 6.54 Å². The van der Waals surface area contributed by atoms with Gasteiger partial charge in [-0.3, -0.25) is 4.90 Å². The zero-order valence-electron chi connectivity index (χ0n) is 15.6. The zero-order chi connectivity index (χ0) is 18.6. The minimum absolute atomic E-state index is 0.0453. The Labute approximate surface area is 161 Å². The van der Waals surface area contributed by atoms with Gasteiger partial charge in [0, 0.05) is 30.2 Å². The molecule has 0 radical (unpaired) electrons. The van der Waals surface area contributed by atoms with Crippen molar-refractivity contribution >= 4 is 11.6 Å². The lowest BCUT2D eigenvalue weighted by Gasteiger charge is -2.45. The maximum absolute atomic E-state index is 9.17. The van der Waals surface area contributed by atoms with Gasteiger partial charge >= 0.3 is 0 Å². The fourth-order valence-electron chi connectivity index (χ4n) is 3.76. The van der Waals surface area contributed by atoms with Crippen LogP contribution in [0.2, 0.25) is 5.02 Å². The molecule has 0 spiro atoms. The molecule has 2 aromatic rings. The molecule has 1 fully saturated rings. The van der Waals surface area contributed by atoms with Gasteiger partial charge in [0.25, 0.3) is 0 Å². The standard InChI is InChI=1S/C22H26ClN3/c1-25(2)22(11-14-24)12-15-26(16-13-22)17-18-3-5-19(6-4-18)20-7-9-21(23)10-8-20/h3-10H,11-13,15-17H2,1-2H3. The van der Waals surface area contributed by atoms with E-state index in [-0.39, 0.29) is 5.54 Å². The SMILES string of the molecule is CN(C)C1(CC#N)CCN(Cc2ccc(-c3ccc(Cl)cc3)cc2)CC1.